The van der Waals surface area contributed by atoms with Gasteiger partial charge in [0.1, 0.15) is 0 Å². The number of aryl methyl sites for hydroxylation is 2. The van der Waals surface area contributed by atoms with Gasteiger partial charge in [-0.2, -0.15) is 0 Å². The van der Waals surface area contributed by atoms with Crippen LogP contribution in [0.15, 0.2) is 303 Å². The van der Waals surface area contributed by atoms with Crippen LogP contribution in [0.4, 0.5) is 0 Å². The van der Waals surface area contributed by atoms with Crippen LogP contribution in [0.2, 0.25) is 0 Å². The molecule has 0 amide bonds. The molecular formula is C113H86N2. The highest BCUT2D eigenvalue weighted by atomic mass is 15.0. The molecule has 24 rings (SSSR count). The van der Waals surface area contributed by atoms with Gasteiger partial charge in [0.25, 0.3) is 0 Å². The van der Waals surface area contributed by atoms with E-state index < -0.39 is 0 Å². The molecule has 23 aromatic rings. The van der Waals surface area contributed by atoms with Crippen molar-refractivity contribution < 1.29 is 0 Å². The predicted octanol–water partition coefficient (Wildman–Crippen LogP) is 31.8. The van der Waals surface area contributed by atoms with Crippen LogP contribution in [0.25, 0.3) is 217 Å². The van der Waals surface area contributed by atoms with Crippen molar-refractivity contribution in [1.82, 2.24) is 9.13 Å². The molecule has 2 nitrogen and oxygen atoms in total. The number of hydrogen-bond acceptors (Lipinski definition) is 0. The number of benzene rings is 21. The second kappa shape index (κ2) is 24.0. The third-order valence-corrected chi connectivity index (χ3v) is 27.2. The molecule has 2 heterocycles. The Morgan fingerprint density at radius 2 is 0.635 bits per heavy atom. The van der Waals surface area contributed by atoms with Gasteiger partial charge in [-0.05, 0) is 276 Å². The van der Waals surface area contributed by atoms with E-state index in [-0.39, 0.29) is 16.2 Å². The van der Waals surface area contributed by atoms with Gasteiger partial charge in [0.2, 0.25) is 0 Å². The van der Waals surface area contributed by atoms with E-state index in [9.17, 15) is 0 Å². The molecule has 548 valence electrons. The summed E-state index contributed by atoms with van der Waals surface area (Å²) < 4.78 is 5.15. The van der Waals surface area contributed by atoms with Crippen molar-refractivity contribution in [2.45, 2.75) is 99.3 Å². The van der Waals surface area contributed by atoms with Crippen LogP contribution < -0.4 is 0 Å². The van der Waals surface area contributed by atoms with Gasteiger partial charge in [-0.15, -0.1) is 0 Å². The first-order chi connectivity index (χ1) is 55.8. The molecule has 0 fully saturated rings. The van der Waals surface area contributed by atoms with E-state index in [0.717, 1.165) is 0 Å². The molecule has 0 unspecified atom stereocenters. The molecule has 1 aliphatic rings. The quantitative estimate of drug-likeness (QED) is 0.123. The summed E-state index contributed by atoms with van der Waals surface area (Å²) in [6, 6.07) is 115. The normalized spacial score (nSPS) is 13.3. The van der Waals surface area contributed by atoms with Crippen molar-refractivity contribution in [3.8, 4) is 44.8 Å². The lowest BCUT2D eigenvalue weighted by Gasteiger charge is -2.30. The van der Waals surface area contributed by atoms with Gasteiger partial charge in [-0.25, -0.2) is 0 Å². The first-order valence-electron chi connectivity index (χ1n) is 41.1. The lowest BCUT2D eigenvalue weighted by Crippen LogP contribution is -2.17. The fraction of sp³-hybridized carbons (Fsp3) is 0.133. The summed E-state index contributed by atoms with van der Waals surface area (Å²) in [5.74, 6) is 0. The molecule has 0 saturated carbocycles. The van der Waals surface area contributed by atoms with Gasteiger partial charge < -0.3 is 9.13 Å². The summed E-state index contributed by atoms with van der Waals surface area (Å²) in [4.78, 5) is 0. The molecule has 1 aliphatic carbocycles. The second-order valence-corrected chi connectivity index (χ2v) is 35.8. The van der Waals surface area contributed by atoms with Crippen LogP contribution in [-0.4, -0.2) is 9.13 Å². The predicted molar refractivity (Wildman–Crippen MR) is 499 cm³/mol. The van der Waals surface area contributed by atoms with Gasteiger partial charge in [-0.1, -0.05) is 322 Å². The summed E-state index contributed by atoms with van der Waals surface area (Å²) >= 11 is 0. The fourth-order valence-corrected chi connectivity index (χ4v) is 22.1. The summed E-state index contributed by atoms with van der Waals surface area (Å²) in [5, 5.41) is 39.5. The third-order valence-electron chi connectivity index (χ3n) is 27.2. The maximum Gasteiger partial charge on any atom is 0.0619 e. The van der Waals surface area contributed by atoms with E-state index in [1.165, 1.54) is 262 Å². The Labute approximate surface area is 669 Å². The molecule has 21 aromatic carbocycles. The average Bonchev–Trinajstić information content (AvgIpc) is 1.57. The molecule has 0 atom stereocenters. The summed E-state index contributed by atoms with van der Waals surface area (Å²) in [6.45, 7) is 28.3. The Kier molecular flexibility index (Phi) is 14.1. The maximum atomic E-state index is 2.58. The molecule has 115 heavy (non-hydrogen) atoms. The fourth-order valence-electron chi connectivity index (χ4n) is 22.1. The molecule has 0 N–H and O–H groups in total. The standard InChI is InChI=1S/C60H49N.C53H37N/c1-34-35(2)61(39-28-31-47-51(32-39)57(60(6,7)8)46-22-13-12-21-45(46)56(47)59(3,4)5)58-48-23-14-10-19-41(48)50-33-49(40-18-9-11-20-43(40)55(50)52(34)58)42-29-26-38-25-24-36-16-15-17-37-27-30-44(42)54(38)53(36)37;1-30-31(2)54(47-27-24-34-21-20-32-12-11-13-33-22-26-42(47)50(34)49(32)33)52-41-18-8-6-15-37(41)44-29-43(36-14-5-7-17-40(36)51(44)48(30)52)35-23-25-39-38-16-9-10-19-45(38)53(3,4)46(39)28-35/h9-33H,1-8H3;5-29H,1-4H3. The Morgan fingerprint density at radius 3 is 1.21 bits per heavy atom. The molecule has 0 bridgehead atoms. The Morgan fingerprint density at radius 1 is 0.235 bits per heavy atom. The smallest absolute Gasteiger partial charge is 0.0619 e. The summed E-state index contributed by atoms with van der Waals surface area (Å²) in [6.07, 6.45) is 0. The second-order valence-electron chi connectivity index (χ2n) is 35.8. The average molecular weight is 1470 g/mol. The number of hydrogen-bond donors (Lipinski definition) is 0. The van der Waals surface area contributed by atoms with Crippen LogP contribution in [0.3, 0.4) is 0 Å². The topological polar surface area (TPSA) is 9.86 Å². The van der Waals surface area contributed by atoms with Crippen LogP contribution in [0.5, 0.6) is 0 Å². The van der Waals surface area contributed by atoms with E-state index in [2.05, 4.69) is 396 Å². The molecule has 0 spiro atoms. The van der Waals surface area contributed by atoms with Gasteiger partial charge in [0.15, 0.2) is 0 Å². The van der Waals surface area contributed by atoms with Crippen molar-refractivity contribution >= 4 is 173 Å². The highest BCUT2D eigenvalue weighted by Crippen LogP contribution is 2.55. The largest absolute Gasteiger partial charge is 0.313 e. The van der Waals surface area contributed by atoms with Gasteiger partial charge in [0.05, 0.1) is 16.7 Å². The molecule has 0 aliphatic heterocycles. The van der Waals surface area contributed by atoms with E-state index in [0.29, 0.717) is 0 Å². The van der Waals surface area contributed by atoms with E-state index >= 15 is 0 Å². The highest BCUT2D eigenvalue weighted by molar-refractivity contribution is 6.37. The minimum absolute atomic E-state index is 0.0327. The zero-order valence-electron chi connectivity index (χ0n) is 67.3. The highest BCUT2D eigenvalue weighted by Gasteiger charge is 2.36. The summed E-state index contributed by atoms with van der Waals surface area (Å²) in [7, 11) is 0. The monoisotopic (exact) mass is 1470 g/mol. The Bertz CT molecular complexity index is 8200. The minimum atomic E-state index is -0.0646. The first-order valence-corrected chi connectivity index (χ1v) is 41.1. The molecule has 0 radical (unpaired) electrons. The Hall–Kier alpha value is -13.1. The lowest BCUT2D eigenvalue weighted by molar-refractivity contribution is 0.593. The molecule has 0 saturated heterocycles. The van der Waals surface area contributed by atoms with Crippen LogP contribution in [-0.2, 0) is 16.2 Å². The number of aromatic nitrogens is 2. The van der Waals surface area contributed by atoms with Crippen molar-refractivity contribution in [3.05, 3.63) is 348 Å². The van der Waals surface area contributed by atoms with E-state index in [4.69, 9.17) is 0 Å². The van der Waals surface area contributed by atoms with Crippen molar-refractivity contribution in [2.24, 2.45) is 0 Å². The Balaban J connectivity index is 0.000000137. The zero-order valence-corrected chi connectivity index (χ0v) is 67.3. The SMILES string of the molecule is Cc1c(C)n(-c2ccc3c(C(C)(C)C)c4ccccc4c(C(C)(C)C)c3c2)c2c3ccccc3c3cc(-c4ccc5ccc6cccc7ccc4c5c67)c4ccccc4c3c12.Cc1c(C)n(-c2ccc3ccc4cccc5ccc2c3c45)c2c3ccccc3c3cc(-c4ccc5c(c4)C(C)(C)c4ccccc4-5)c4ccccc4c3c12. The third kappa shape index (κ3) is 9.34. The first kappa shape index (κ1) is 67.5. The summed E-state index contributed by atoms with van der Waals surface area (Å²) in [5.41, 5.74) is 23.6. The molecule has 2 aromatic heterocycles. The van der Waals surface area contributed by atoms with Gasteiger partial charge in [0, 0.05) is 49.4 Å². The van der Waals surface area contributed by atoms with E-state index in [1.54, 1.807) is 0 Å². The number of nitrogens with zero attached hydrogens (tertiary/aromatic N) is 2. The number of fused-ring (bicyclic) bond motifs is 21. The van der Waals surface area contributed by atoms with Crippen molar-refractivity contribution in [1.29, 1.82) is 0 Å². The maximum absolute atomic E-state index is 2.58. The lowest BCUT2D eigenvalue weighted by atomic mass is 9.74. The molecular weight excluding hydrogens is 1390 g/mol. The number of rotatable bonds is 4. The van der Waals surface area contributed by atoms with Gasteiger partial charge in [-0.3, -0.25) is 0 Å². The minimum Gasteiger partial charge on any atom is -0.313 e. The van der Waals surface area contributed by atoms with Crippen molar-refractivity contribution in [3.63, 3.8) is 0 Å². The van der Waals surface area contributed by atoms with E-state index in [1.807, 2.05) is 0 Å². The van der Waals surface area contributed by atoms with Crippen LogP contribution in [0.1, 0.15) is 100 Å². The van der Waals surface area contributed by atoms with Crippen LogP contribution in [0, 0.1) is 27.7 Å². The van der Waals surface area contributed by atoms with Crippen molar-refractivity contribution in [2.75, 3.05) is 0 Å². The molecule has 2 heteroatoms. The van der Waals surface area contributed by atoms with Crippen LogP contribution >= 0.6 is 0 Å². The van der Waals surface area contributed by atoms with Gasteiger partial charge >= 0.3 is 0 Å². The zero-order chi connectivity index (χ0) is 77.7.